The summed E-state index contributed by atoms with van der Waals surface area (Å²) in [5.41, 5.74) is 7.21. The number of hydrogen-bond donors (Lipinski definition) is 1. The van der Waals surface area contributed by atoms with Gasteiger partial charge < -0.3 is 10.6 Å². The van der Waals surface area contributed by atoms with Crippen molar-refractivity contribution in [2.24, 2.45) is 5.41 Å². The maximum Gasteiger partial charge on any atom is 0.228 e. The summed E-state index contributed by atoms with van der Waals surface area (Å²) in [6.07, 6.45) is 0.969. The lowest BCUT2D eigenvalue weighted by molar-refractivity contribution is -0.140. The maximum absolute atomic E-state index is 12.3. The zero-order valence-electron chi connectivity index (χ0n) is 11.9. The largest absolute Gasteiger partial charge is 0.399 e. The lowest BCUT2D eigenvalue weighted by Gasteiger charge is -2.29. The van der Waals surface area contributed by atoms with Crippen molar-refractivity contribution >= 4 is 11.6 Å². The Balaban J connectivity index is 2.80. The second-order valence-electron chi connectivity index (χ2n) is 5.72. The molecule has 100 valence electrons. The van der Waals surface area contributed by atoms with Gasteiger partial charge in [0.1, 0.15) is 0 Å². The van der Waals surface area contributed by atoms with Crippen LogP contribution in [0.3, 0.4) is 0 Å². The molecule has 0 unspecified atom stereocenters. The minimum atomic E-state index is -0.330. The van der Waals surface area contributed by atoms with E-state index in [0.29, 0.717) is 6.54 Å². The van der Waals surface area contributed by atoms with Crippen LogP contribution in [-0.4, -0.2) is 17.4 Å². The Morgan fingerprint density at radius 1 is 1.22 bits per heavy atom. The predicted octanol–water partition coefficient (Wildman–Crippen LogP) is 3.05. The number of rotatable bonds is 4. The Kier molecular flexibility index (Phi) is 4.76. The van der Waals surface area contributed by atoms with E-state index in [1.807, 2.05) is 49.9 Å². The number of nitrogens with two attached hydrogens (primary N) is 1. The SMILES string of the molecule is CCCN(Cc1ccc(N)cc1)C(=O)C(C)(C)C. The number of carbonyl (C=O) groups is 1. The van der Waals surface area contributed by atoms with Gasteiger partial charge in [0, 0.05) is 24.2 Å². The maximum atomic E-state index is 12.3. The molecule has 0 fully saturated rings. The molecule has 0 atom stereocenters. The van der Waals surface area contributed by atoms with E-state index in [4.69, 9.17) is 5.73 Å². The van der Waals surface area contributed by atoms with Crippen LogP contribution in [0.4, 0.5) is 5.69 Å². The monoisotopic (exact) mass is 248 g/mol. The standard InChI is InChI=1S/C15H24N2O/c1-5-10-17(14(18)15(2,3)4)11-12-6-8-13(16)9-7-12/h6-9H,5,10-11,16H2,1-4H3. The number of hydrogen-bond acceptors (Lipinski definition) is 2. The van der Waals surface area contributed by atoms with E-state index in [1.165, 1.54) is 0 Å². The first-order valence-corrected chi connectivity index (χ1v) is 6.48. The summed E-state index contributed by atoms with van der Waals surface area (Å²) in [4.78, 5) is 14.2. The van der Waals surface area contributed by atoms with Crippen molar-refractivity contribution in [3.63, 3.8) is 0 Å². The molecule has 0 heterocycles. The highest BCUT2D eigenvalue weighted by Crippen LogP contribution is 2.19. The van der Waals surface area contributed by atoms with Gasteiger partial charge in [-0.1, -0.05) is 39.8 Å². The van der Waals surface area contributed by atoms with Crippen LogP contribution < -0.4 is 5.73 Å². The first kappa shape index (κ1) is 14.6. The van der Waals surface area contributed by atoms with Gasteiger partial charge in [0.2, 0.25) is 5.91 Å². The Morgan fingerprint density at radius 2 is 1.78 bits per heavy atom. The van der Waals surface area contributed by atoms with Crippen LogP contribution >= 0.6 is 0 Å². The van der Waals surface area contributed by atoms with E-state index in [2.05, 4.69) is 6.92 Å². The van der Waals surface area contributed by atoms with Crippen LogP contribution in [0.5, 0.6) is 0 Å². The van der Waals surface area contributed by atoms with Crippen molar-refractivity contribution in [2.75, 3.05) is 12.3 Å². The van der Waals surface area contributed by atoms with Crippen molar-refractivity contribution in [3.05, 3.63) is 29.8 Å². The highest BCUT2D eigenvalue weighted by atomic mass is 16.2. The molecule has 0 aromatic heterocycles. The Hall–Kier alpha value is -1.51. The molecule has 3 nitrogen and oxygen atoms in total. The molecular formula is C15H24N2O. The molecule has 0 aliphatic carbocycles. The summed E-state index contributed by atoms with van der Waals surface area (Å²) in [7, 11) is 0. The van der Waals surface area contributed by atoms with Crippen molar-refractivity contribution < 1.29 is 4.79 Å². The fourth-order valence-electron chi connectivity index (χ4n) is 1.84. The fraction of sp³-hybridized carbons (Fsp3) is 0.533. The summed E-state index contributed by atoms with van der Waals surface area (Å²) in [6.45, 7) is 9.42. The number of amides is 1. The minimum absolute atomic E-state index is 0.196. The molecule has 2 N–H and O–H groups in total. The third-order valence-electron chi connectivity index (χ3n) is 2.78. The molecule has 0 bridgehead atoms. The van der Waals surface area contributed by atoms with Crippen LogP contribution in [0.25, 0.3) is 0 Å². The van der Waals surface area contributed by atoms with E-state index in [1.54, 1.807) is 0 Å². The number of nitrogen functional groups attached to an aromatic ring is 1. The number of carbonyl (C=O) groups excluding carboxylic acids is 1. The van der Waals surface area contributed by atoms with Gasteiger partial charge >= 0.3 is 0 Å². The van der Waals surface area contributed by atoms with Gasteiger partial charge in [-0.25, -0.2) is 0 Å². The van der Waals surface area contributed by atoms with Gasteiger partial charge in [0.25, 0.3) is 0 Å². The van der Waals surface area contributed by atoms with Crippen molar-refractivity contribution in [1.82, 2.24) is 4.90 Å². The number of benzene rings is 1. The molecule has 1 amide bonds. The van der Waals surface area contributed by atoms with Gasteiger partial charge in [-0.05, 0) is 24.1 Å². The molecule has 0 radical (unpaired) electrons. The third kappa shape index (κ3) is 4.06. The highest BCUT2D eigenvalue weighted by molar-refractivity contribution is 5.81. The van der Waals surface area contributed by atoms with E-state index in [-0.39, 0.29) is 11.3 Å². The van der Waals surface area contributed by atoms with E-state index < -0.39 is 0 Å². The first-order valence-electron chi connectivity index (χ1n) is 6.48. The van der Waals surface area contributed by atoms with Gasteiger partial charge in [0.05, 0.1) is 0 Å². The average Bonchev–Trinajstić information content (AvgIpc) is 2.29. The quantitative estimate of drug-likeness (QED) is 0.832. The van der Waals surface area contributed by atoms with E-state index in [0.717, 1.165) is 24.2 Å². The van der Waals surface area contributed by atoms with Crippen LogP contribution in [0, 0.1) is 5.41 Å². The van der Waals surface area contributed by atoms with E-state index in [9.17, 15) is 4.79 Å². The van der Waals surface area contributed by atoms with Crippen molar-refractivity contribution in [1.29, 1.82) is 0 Å². The Labute approximate surface area is 110 Å². The van der Waals surface area contributed by atoms with Gasteiger partial charge in [0.15, 0.2) is 0 Å². The molecule has 0 aliphatic rings. The molecule has 1 aromatic carbocycles. The van der Waals surface area contributed by atoms with Crippen molar-refractivity contribution in [2.45, 2.75) is 40.7 Å². The van der Waals surface area contributed by atoms with Gasteiger partial charge in [-0.15, -0.1) is 0 Å². The molecule has 0 aliphatic heterocycles. The summed E-state index contributed by atoms with van der Waals surface area (Å²) in [5, 5.41) is 0. The van der Waals surface area contributed by atoms with Gasteiger partial charge in [-0.3, -0.25) is 4.79 Å². The zero-order chi connectivity index (χ0) is 13.8. The topological polar surface area (TPSA) is 46.3 Å². The van der Waals surface area contributed by atoms with Gasteiger partial charge in [-0.2, -0.15) is 0 Å². The normalized spacial score (nSPS) is 11.3. The second-order valence-corrected chi connectivity index (χ2v) is 5.72. The number of nitrogens with zero attached hydrogens (tertiary/aromatic N) is 1. The molecule has 18 heavy (non-hydrogen) atoms. The minimum Gasteiger partial charge on any atom is -0.399 e. The Bertz CT molecular complexity index is 390. The number of anilines is 1. The molecule has 0 saturated carbocycles. The van der Waals surface area contributed by atoms with Crippen LogP contribution in [0.2, 0.25) is 0 Å². The van der Waals surface area contributed by atoms with Crippen molar-refractivity contribution in [3.8, 4) is 0 Å². The average molecular weight is 248 g/mol. The summed E-state index contributed by atoms with van der Waals surface area (Å²) >= 11 is 0. The van der Waals surface area contributed by atoms with Crippen LogP contribution in [0.15, 0.2) is 24.3 Å². The lowest BCUT2D eigenvalue weighted by Crippen LogP contribution is -2.39. The molecule has 0 spiro atoms. The van der Waals surface area contributed by atoms with Crippen LogP contribution in [-0.2, 0) is 11.3 Å². The summed E-state index contributed by atoms with van der Waals surface area (Å²) < 4.78 is 0. The Morgan fingerprint density at radius 3 is 2.22 bits per heavy atom. The molecule has 1 aromatic rings. The third-order valence-corrected chi connectivity index (χ3v) is 2.78. The van der Waals surface area contributed by atoms with E-state index >= 15 is 0 Å². The molecule has 1 rings (SSSR count). The lowest BCUT2D eigenvalue weighted by atomic mass is 9.94. The summed E-state index contributed by atoms with van der Waals surface area (Å²) in [6, 6.07) is 7.71. The molecular weight excluding hydrogens is 224 g/mol. The molecule has 3 heteroatoms. The second kappa shape index (κ2) is 5.89. The highest BCUT2D eigenvalue weighted by Gasteiger charge is 2.26. The zero-order valence-corrected chi connectivity index (χ0v) is 11.9. The summed E-state index contributed by atoms with van der Waals surface area (Å²) in [5.74, 6) is 0.196. The fourth-order valence-corrected chi connectivity index (χ4v) is 1.84. The van der Waals surface area contributed by atoms with Crippen LogP contribution in [0.1, 0.15) is 39.7 Å². The smallest absolute Gasteiger partial charge is 0.228 e. The predicted molar refractivity (Wildman–Crippen MR) is 76.0 cm³/mol. The first-order chi connectivity index (χ1) is 8.34. The molecule has 0 saturated heterocycles.